The zero-order chi connectivity index (χ0) is 16.9. The highest BCUT2D eigenvalue weighted by Crippen LogP contribution is 2.35. The maximum absolute atomic E-state index is 14.3. The second-order valence-electron chi connectivity index (χ2n) is 4.56. The number of nitrogens with zero attached hydrogens (tertiary/aromatic N) is 1. The number of nitro groups is 1. The van der Waals surface area contributed by atoms with E-state index in [2.05, 4.69) is 9.47 Å². The SMILES string of the molecule is CCCC(C(=O)OC)(C(=O)OC)c1ccc([N+](=O)[O-])cc1F. The molecule has 0 unspecified atom stereocenters. The Bertz CT molecular complexity index is 585. The van der Waals surface area contributed by atoms with Crippen molar-refractivity contribution in [2.75, 3.05) is 14.2 Å². The Kier molecular flexibility index (Phi) is 5.56. The average molecular weight is 313 g/mol. The van der Waals surface area contributed by atoms with Crippen LogP contribution in [0, 0.1) is 15.9 Å². The summed E-state index contributed by atoms with van der Waals surface area (Å²) in [6.45, 7) is 1.70. The monoisotopic (exact) mass is 313 g/mol. The van der Waals surface area contributed by atoms with Gasteiger partial charge in [-0.1, -0.05) is 13.3 Å². The first-order chi connectivity index (χ1) is 10.3. The van der Waals surface area contributed by atoms with Crippen LogP contribution in [0.2, 0.25) is 0 Å². The molecule has 0 aliphatic rings. The van der Waals surface area contributed by atoms with Crippen LogP contribution in [0.1, 0.15) is 25.3 Å². The highest BCUT2D eigenvalue weighted by atomic mass is 19.1. The summed E-state index contributed by atoms with van der Waals surface area (Å²) < 4.78 is 23.6. The van der Waals surface area contributed by atoms with Gasteiger partial charge in [-0.3, -0.25) is 19.7 Å². The van der Waals surface area contributed by atoms with E-state index in [1.54, 1.807) is 6.92 Å². The quantitative estimate of drug-likeness (QED) is 0.345. The minimum absolute atomic E-state index is 0.0545. The second-order valence-corrected chi connectivity index (χ2v) is 4.56. The number of esters is 2. The minimum Gasteiger partial charge on any atom is -0.468 e. The van der Waals surface area contributed by atoms with E-state index >= 15 is 0 Å². The third kappa shape index (κ3) is 2.90. The second kappa shape index (κ2) is 6.97. The first-order valence-electron chi connectivity index (χ1n) is 6.46. The van der Waals surface area contributed by atoms with Crippen molar-refractivity contribution in [1.29, 1.82) is 0 Å². The molecule has 0 amide bonds. The number of benzene rings is 1. The molecule has 0 heterocycles. The van der Waals surface area contributed by atoms with Gasteiger partial charge in [-0.2, -0.15) is 0 Å². The summed E-state index contributed by atoms with van der Waals surface area (Å²) in [4.78, 5) is 34.2. The molecule has 1 aromatic rings. The number of rotatable bonds is 6. The summed E-state index contributed by atoms with van der Waals surface area (Å²) in [5.41, 5.74) is -2.78. The maximum Gasteiger partial charge on any atom is 0.327 e. The first kappa shape index (κ1) is 17.5. The average Bonchev–Trinajstić information content (AvgIpc) is 2.51. The van der Waals surface area contributed by atoms with E-state index < -0.39 is 33.8 Å². The molecule has 0 atom stereocenters. The summed E-state index contributed by atoms with van der Waals surface area (Å²) in [5.74, 6) is -3.00. The van der Waals surface area contributed by atoms with Gasteiger partial charge in [0.2, 0.25) is 0 Å². The Morgan fingerprint density at radius 1 is 1.27 bits per heavy atom. The summed E-state index contributed by atoms with van der Waals surface area (Å²) in [6.07, 6.45) is 0.307. The van der Waals surface area contributed by atoms with Crippen molar-refractivity contribution in [2.24, 2.45) is 0 Å². The van der Waals surface area contributed by atoms with Crippen LogP contribution in [-0.4, -0.2) is 31.1 Å². The maximum atomic E-state index is 14.3. The van der Waals surface area contributed by atoms with Gasteiger partial charge in [0.05, 0.1) is 25.2 Å². The molecule has 22 heavy (non-hydrogen) atoms. The topological polar surface area (TPSA) is 95.7 Å². The summed E-state index contributed by atoms with van der Waals surface area (Å²) in [5, 5.41) is 10.7. The number of halogens is 1. The minimum atomic E-state index is -1.99. The molecule has 8 heteroatoms. The van der Waals surface area contributed by atoms with Gasteiger partial charge in [0, 0.05) is 11.6 Å². The van der Waals surface area contributed by atoms with Gasteiger partial charge in [0.15, 0.2) is 5.41 Å². The first-order valence-corrected chi connectivity index (χ1v) is 6.46. The van der Waals surface area contributed by atoms with Crippen LogP contribution >= 0.6 is 0 Å². The molecule has 1 rings (SSSR count). The van der Waals surface area contributed by atoms with Crippen molar-refractivity contribution in [2.45, 2.75) is 25.2 Å². The Balaban J connectivity index is 3.60. The molecule has 0 aromatic heterocycles. The lowest BCUT2D eigenvalue weighted by atomic mass is 9.76. The fraction of sp³-hybridized carbons (Fsp3) is 0.429. The normalized spacial score (nSPS) is 10.9. The Morgan fingerprint density at radius 2 is 1.82 bits per heavy atom. The van der Waals surface area contributed by atoms with E-state index in [0.717, 1.165) is 26.4 Å². The molecule has 1 aromatic carbocycles. The molecule has 7 nitrogen and oxygen atoms in total. The van der Waals surface area contributed by atoms with Gasteiger partial charge in [-0.05, 0) is 12.5 Å². The van der Waals surface area contributed by atoms with Crippen molar-refractivity contribution in [3.05, 3.63) is 39.7 Å². The Morgan fingerprint density at radius 3 is 2.18 bits per heavy atom. The van der Waals surface area contributed by atoms with E-state index in [-0.39, 0.29) is 12.0 Å². The summed E-state index contributed by atoms with van der Waals surface area (Å²) >= 11 is 0. The number of carbonyl (C=O) groups is 2. The molecule has 120 valence electrons. The summed E-state index contributed by atoms with van der Waals surface area (Å²) in [7, 11) is 2.14. The fourth-order valence-electron chi connectivity index (χ4n) is 2.33. The number of nitro benzene ring substituents is 1. The van der Waals surface area contributed by atoms with E-state index in [1.165, 1.54) is 0 Å². The number of hydrogen-bond acceptors (Lipinski definition) is 6. The van der Waals surface area contributed by atoms with Crippen LogP contribution < -0.4 is 0 Å². The molecule has 0 N–H and O–H groups in total. The third-order valence-electron chi connectivity index (χ3n) is 3.32. The van der Waals surface area contributed by atoms with Gasteiger partial charge in [-0.15, -0.1) is 0 Å². The Labute approximate surface area is 126 Å². The molecule has 0 saturated carbocycles. The number of carbonyl (C=O) groups excluding carboxylic acids is 2. The van der Waals surface area contributed by atoms with Gasteiger partial charge < -0.3 is 9.47 Å². The largest absolute Gasteiger partial charge is 0.468 e. The molecule has 0 saturated heterocycles. The van der Waals surface area contributed by atoms with Crippen LogP contribution in [0.4, 0.5) is 10.1 Å². The van der Waals surface area contributed by atoms with E-state index in [9.17, 15) is 24.1 Å². The molecule has 0 spiro atoms. The smallest absolute Gasteiger partial charge is 0.327 e. The lowest BCUT2D eigenvalue weighted by Gasteiger charge is -2.28. The molecular formula is C14H16FNO6. The lowest BCUT2D eigenvalue weighted by molar-refractivity contribution is -0.385. The number of methoxy groups -OCH3 is 2. The molecule has 0 fully saturated rings. The molecule has 0 radical (unpaired) electrons. The van der Waals surface area contributed by atoms with Gasteiger partial charge in [0.25, 0.3) is 5.69 Å². The zero-order valence-corrected chi connectivity index (χ0v) is 12.4. The van der Waals surface area contributed by atoms with Gasteiger partial charge in [0.1, 0.15) is 5.82 Å². The van der Waals surface area contributed by atoms with Crippen LogP contribution in [0.5, 0.6) is 0 Å². The standard InChI is InChI=1S/C14H16FNO6/c1-4-7-14(12(17)21-2,13(18)22-3)10-6-5-9(16(19)20)8-11(10)15/h5-6,8H,4,7H2,1-3H3. The van der Waals surface area contributed by atoms with Crippen molar-refractivity contribution < 1.29 is 28.4 Å². The fourth-order valence-corrected chi connectivity index (χ4v) is 2.33. The van der Waals surface area contributed by atoms with Crippen LogP contribution in [-0.2, 0) is 24.5 Å². The highest BCUT2D eigenvalue weighted by Gasteiger charge is 2.51. The molecular weight excluding hydrogens is 297 g/mol. The molecule has 0 aliphatic carbocycles. The molecule has 0 aliphatic heterocycles. The predicted molar refractivity (Wildman–Crippen MR) is 73.7 cm³/mol. The number of ether oxygens (including phenoxy) is 2. The summed E-state index contributed by atoms with van der Waals surface area (Å²) in [6, 6.07) is 2.72. The zero-order valence-electron chi connectivity index (χ0n) is 12.4. The third-order valence-corrected chi connectivity index (χ3v) is 3.32. The number of hydrogen-bond donors (Lipinski definition) is 0. The van der Waals surface area contributed by atoms with Crippen molar-refractivity contribution in [1.82, 2.24) is 0 Å². The molecule has 0 bridgehead atoms. The van der Waals surface area contributed by atoms with E-state index in [1.807, 2.05) is 0 Å². The lowest BCUT2D eigenvalue weighted by Crippen LogP contribution is -2.46. The van der Waals surface area contributed by atoms with Crippen molar-refractivity contribution >= 4 is 17.6 Å². The predicted octanol–water partition coefficient (Wildman–Crippen LogP) is 2.12. The Hall–Kier alpha value is -2.51. The van der Waals surface area contributed by atoms with Crippen LogP contribution in [0.25, 0.3) is 0 Å². The van der Waals surface area contributed by atoms with Gasteiger partial charge >= 0.3 is 11.9 Å². The van der Waals surface area contributed by atoms with E-state index in [4.69, 9.17) is 0 Å². The van der Waals surface area contributed by atoms with Gasteiger partial charge in [-0.25, -0.2) is 4.39 Å². The van der Waals surface area contributed by atoms with Crippen molar-refractivity contribution in [3.63, 3.8) is 0 Å². The number of non-ortho nitro benzene ring substituents is 1. The van der Waals surface area contributed by atoms with E-state index in [0.29, 0.717) is 12.5 Å². The van der Waals surface area contributed by atoms with Crippen molar-refractivity contribution in [3.8, 4) is 0 Å². The van der Waals surface area contributed by atoms with Crippen LogP contribution in [0.3, 0.4) is 0 Å². The highest BCUT2D eigenvalue weighted by molar-refractivity contribution is 6.06. The van der Waals surface area contributed by atoms with Crippen LogP contribution in [0.15, 0.2) is 18.2 Å².